The molecule has 0 unspecified atom stereocenters. The van der Waals surface area contributed by atoms with E-state index in [4.69, 9.17) is 71.5 Å². The Hall–Kier alpha value is -13.5. The fourth-order valence-corrected chi connectivity index (χ4v) is 15.4. The van der Waals surface area contributed by atoms with E-state index in [0.29, 0.717) is 141 Å². The first-order valence-corrected chi connectivity index (χ1v) is 46.9. The van der Waals surface area contributed by atoms with Gasteiger partial charge in [-0.2, -0.15) is 4.39 Å². The van der Waals surface area contributed by atoms with Crippen LogP contribution in [0.15, 0.2) is 189 Å². The Morgan fingerprint density at radius 2 is 1.02 bits per heavy atom. The van der Waals surface area contributed by atoms with Crippen molar-refractivity contribution in [2.75, 3.05) is 59.3 Å². The van der Waals surface area contributed by atoms with Crippen LogP contribution < -0.4 is 9.39 Å². The second kappa shape index (κ2) is 52.8. The zero-order valence-corrected chi connectivity index (χ0v) is 82.9. The molecule has 731 valence electrons. The number of aromatic amines is 1. The molecule has 4 aliphatic rings. The molecule has 0 atom stereocenters. The molecular weight excluding hydrogens is 1890 g/mol. The van der Waals surface area contributed by atoms with Crippen LogP contribution in [0, 0.1) is 54.4 Å². The third-order valence-electron chi connectivity index (χ3n) is 22.0. The molecule has 0 aliphatic carbocycles. The minimum Gasteiger partial charge on any atom is -0.535 e. The van der Waals surface area contributed by atoms with Crippen molar-refractivity contribution >= 4 is 82.6 Å². The second-order valence-electron chi connectivity index (χ2n) is 32.9. The number of aromatic nitrogens is 12. The van der Waals surface area contributed by atoms with Crippen molar-refractivity contribution in [1.29, 1.82) is 0 Å². The second-order valence-corrected chi connectivity index (χ2v) is 34.3. The number of carboxylic acids is 1. The summed E-state index contributed by atoms with van der Waals surface area (Å²) in [6.07, 6.45) is 11.3. The van der Waals surface area contributed by atoms with Crippen molar-refractivity contribution in [3.8, 4) is 63.0 Å². The first kappa shape index (κ1) is 107. The number of rotatable bonds is 19. The topological polar surface area (TPSA) is 397 Å². The predicted molar refractivity (Wildman–Crippen MR) is 527 cm³/mol. The maximum absolute atomic E-state index is 12.0. The van der Waals surface area contributed by atoms with Gasteiger partial charge in [-0.15, -0.1) is 0 Å². The molecule has 0 spiro atoms. The number of hydrogen-bond acceptors (Lipinski definition) is 26. The highest BCUT2D eigenvalue weighted by molar-refractivity contribution is 9.08. The van der Waals surface area contributed by atoms with Crippen molar-refractivity contribution in [2.45, 2.75) is 165 Å². The number of nitrogens with one attached hydrogen (secondary N) is 1. The Labute approximate surface area is 825 Å². The molecule has 13 aromatic rings. The van der Waals surface area contributed by atoms with Crippen molar-refractivity contribution in [2.24, 2.45) is 0 Å². The Bertz CT molecular complexity index is 6300. The van der Waals surface area contributed by atoms with Gasteiger partial charge in [0.1, 0.15) is 82.0 Å². The lowest BCUT2D eigenvalue weighted by atomic mass is 9.95. The van der Waals surface area contributed by atoms with E-state index in [9.17, 15) is 43.4 Å². The van der Waals surface area contributed by atoms with Gasteiger partial charge in [-0.25, -0.2) is 63.8 Å². The average Bonchev–Trinajstić information content (AvgIpc) is 1.60. The number of halogens is 4. The summed E-state index contributed by atoms with van der Waals surface area (Å²) < 4.78 is 58.8. The Morgan fingerprint density at radius 1 is 0.540 bits per heavy atom. The molecule has 32 nitrogen and oxygen atoms in total. The van der Waals surface area contributed by atoms with E-state index in [1.165, 1.54) is 71.1 Å². The number of pyridine rings is 4. The lowest BCUT2D eigenvalue weighted by molar-refractivity contribution is -0.124. The molecule has 2 saturated heterocycles. The fraction of sp³-hybridized carbons (Fsp3) is 0.333. The number of hydrogen-bond donors (Lipinski definition) is 5. The number of nitrogens with zero attached hydrogens (tertiary/aromatic N) is 13. The van der Waals surface area contributed by atoms with Gasteiger partial charge in [0.05, 0.1) is 67.8 Å². The number of alkyl halides is 1. The maximum Gasteiger partial charge on any atom is 0.569 e. The quantitative estimate of drug-likeness (QED) is 0.0165. The third kappa shape index (κ3) is 31.0. The number of carbonyl (C=O) groups excluding carboxylic acids is 5. The molecule has 0 saturated carbocycles. The van der Waals surface area contributed by atoms with E-state index in [2.05, 4.69) is 102 Å². The highest BCUT2D eigenvalue weighted by atomic mass is 79.9. The monoisotopic (exact) mass is 2000 g/mol. The summed E-state index contributed by atoms with van der Waals surface area (Å²) in [5, 5.41) is 38.6. The number of esters is 3. The third-order valence-corrected chi connectivity index (χ3v) is 23.0. The van der Waals surface area contributed by atoms with Gasteiger partial charge < -0.3 is 68.0 Å². The van der Waals surface area contributed by atoms with Crippen molar-refractivity contribution in [3.63, 3.8) is 0 Å². The van der Waals surface area contributed by atoms with E-state index in [0.717, 1.165) is 109 Å². The molecule has 1 amide bonds. The highest BCUT2D eigenvalue weighted by Crippen LogP contribution is 2.37. The van der Waals surface area contributed by atoms with Crippen molar-refractivity contribution < 1.29 is 91.3 Å². The van der Waals surface area contributed by atoms with Crippen molar-refractivity contribution in [1.82, 2.24) is 68.4 Å². The number of phenols is 2. The van der Waals surface area contributed by atoms with E-state index in [1.807, 2.05) is 107 Å². The van der Waals surface area contributed by atoms with E-state index < -0.39 is 29.5 Å². The Morgan fingerprint density at radius 3 is 1.53 bits per heavy atom. The number of aryl methyl sites for hydroxylation is 4. The number of phenolic OH excluding ortho intramolecular Hbond substituents is 2. The number of H-pyrrole nitrogens is 1. The number of para-hydroxylation sites is 3. The smallest absolute Gasteiger partial charge is 0.535 e. The highest BCUT2D eigenvalue weighted by Gasteiger charge is 2.29. The number of benzene rings is 5. The molecular formula is C102H114BBrCl2FN14O18. The molecule has 12 heterocycles. The van der Waals surface area contributed by atoms with Gasteiger partial charge >= 0.3 is 37.7 Å². The molecule has 1 radical (unpaired) electrons. The molecule has 37 heteroatoms. The molecule has 4 aliphatic heterocycles. The number of Topliss-reactive ketones (excluding diaryl/α,β-unsaturated/α-hetero) is 1. The van der Waals surface area contributed by atoms with E-state index in [-0.39, 0.29) is 45.9 Å². The molecule has 17 rings (SSSR count). The molecule has 0 bridgehead atoms. The van der Waals surface area contributed by atoms with Crippen molar-refractivity contribution in [3.05, 3.63) is 301 Å². The lowest BCUT2D eigenvalue weighted by Crippen LogP contribution is -2.42. The van der Waals surface area contributed by atoms with Crippen LogP contribution >= 0.6 is 39.1 Å². The number of carbonyl (C=O) groups is 6. The van der Waals surface area contributed by atoms with E-state index in [1.54, 1.807) is 111 Å². The summed E-state index contributed by atoms with van der Waals surface area (Å²) >= 11 is 14.6. The number of aromatic carboxylic acids is 1. The molecule has 5 aromatic carbocycles. The van der Waals surface area contributed by atoms with Gasteiger partial charge in [0.25, 0.3) is 0 Å². The number of aromatic hydroxyl groups is 2. The van der Waals surface area contributed by atoms with Crippen LogP contribution in [0.2, 0.25) is 10.3 Å². The summed E-state index contributed by atoms with van der Waals surface area (Å²) in [5.41, 5.74) is 16.5. The molecule has 8 aromatic heterocycles. The van der Waals surface area contributed by atoms with Crippen LogP contribution in [0.1, 0.15) is 182 Å². The SMILES string of the molecule is CC(C)(C)OC(=O)N1CCc2cc(CBr)ccc2C1.CCOC(=O)c1nc[nH]c1C.CCOC(=O)c1ncn(-c2cccc(-c3cccc(C)c3O)n2)c1C.CCOC(=O)c1ncn(-c2cccc(Cl)n2)c1C.Cc1cccc(-c2cccc(-n3cnc(C(=O)O)c3C)n2)c1OCc1ccc2c(c1)CCN(C1CCOCC1)C2.Cc1cccc(O)c1O[B]O.Fc1cccc(Cl)n1.O=C1CCOCC1. The number of ketones is 1. The van der Waals surface area contributed by atoms with Crippen LogP contribution in [-0.4, -0.2) is 203 Å². The summed E-state index contributed by atoms with van der Waals surface area (Å²) in [6, 6.07) is 51.1. The van der Waals surface area contributed by atoms with Gasteiger partial charge in [0.2, 0.25) is 5.95 Å². The van der Waals surface area contributed by atoms with Crippen LogP contribution in [-0.2, 0) is 71.1 Å². The zero-order valence-electron chi connectivity index (χ0n) is 79.8. The Kier molecular flexibility index (Phi) is 40.9. The maximum atomic E-state index is 12.0. The molecule has 5 N–H and O–H groups in total. The average molecular weight is 2000 g/mol. The first-order valence-electron chi connectivity index (χ1n) is 45.0. The standard InChI is InChI=1S/C32H34N4O4.C19H19N3O3.C15H20BrNO2.C12H12ClN3O2.C7H8BO3.C7H10N2O2.C5H3ClFN.C5H8O2/c1-21-5-3-6-27(28-7-4-8-29(34-28)36-20-33-30(22(36)2)32(37)38)31(21)40-19-23-9-10-25-18-35(14-11-24(25)17-23)26-12-15-39-16-13-26;1-4-25-19(24)17-13(3)22(11-20-17)16-10-6-9-15(21-16)14-8-5-7-12(2)18(14)23;1-15(2,3)19-14(18)17-7-6-12-8-11(9-16)4-5-13(12)10-17;1-3-18-12(17)11-8(2)16(7-14-11)10-6-4-5-9(13)15-10;1-5-3-2-4-6(9)7(5)11-8-10;1-3-11-7(10)6-5(2)8-4-9-6;6-4-2-1-3-5(7)8-4;6-5-1-3-7-4-2-5/h3-10,17,20,26H,11-16,18-19H2,1-2H3,(H,37,38);5-11,23H,4H2,1-3H3;4-5,8H,6-7,9-10H2,1-3H3;4-7H,3H2,1-2H3;2-4,9-10H,1H3;4H,3H2,1-2H3,(H,8,9);1-3H;1-4H2. The minimum absolute atomic E-state index is 0.0214. The first-order chi connectivity index (χ1) is 66.7. The molecule has 139 heavy (non-hydrogen) atoms. The van der Waals surface area contributed by atoms with Gasteiger partial charge in [-0.05, 0) is 232 Å². The Balaban J connectivity index is 0.000000175. The van der Waals surface area contributed by atoms with Gasteiger partial charge in [-0.3, -0.25) is 23.4 Å². The summed E-state index contributed by atoms with van der Waals surface area (Å²) in [5.74, 6) is 0.628. The zero-order chi connectivity index (χ0) is 100. The van der Waals surface area contributed by atoms with Gasteiger partial charge in [0, 0.05) is 80.4 Å². The number of amides is 1. The van der Waals surface area contributed by atoms with Gasteiger partial charge in [0.15, 0.2) is 28.5 Å². The number of ether oxygens (including phenoxy) is 7. The van der Waals surface area contributed by atoms with Crippen LogP contribution in [0.3, 0.4) is 0 Å². The van der Waals surface area contributed by atoms with Crippen LogP contribution in [0.4, 0.5) is 9.18 Å². The fourth-order valence-electron chi connectivity index (χ4n) is 14.8. The summed E-state index contributed by atoms with van der Waals surface area (Å²) in [6.45, 7) is 31.7. The summed E-state index contributed by atoms with van der Waals surface area (Å²) in [7, 11) is 0.544. The lowest BCUT2D eigenvalue weighted by Gasteiger charge is -2.37. The van der Waals surface area contributed by atoms with Crippen LogP contribution in [0.25, 0.3) is 40.0 Å². The normalized spacial score (nSPS) is 13.1. The summed E-state index contributed by atoms with van der Waals surface area (Å²) in [4.78, 5) is 109. The number of carboxylic acid groups (broad SMARTS) is 1. The minimum atomic E-state index is -1.05. The number of imidazole rings is 4. The molecule has 2 fully saturated rings. The number of fused-ring (bicyclic) bond motifs is 2. The van der Waals surface area contributed by atoms with Gasteiger partial charge in [-0.1, -0.05) is 136 Å². The van der Waals surface area contributed by atoms with Crippen LogP contribution in [0.5, 0.6) is 23.0 Å². The largest absolute Gasteiger partial charge is 0.569 e. The predicted octanol–water partition coefficient (Wildman–Crippen LogP) is 18.8. The van der Waals surface area contributed by atoms with E-state index >= 15 is 0 Å².